The minimum absolute atomic E-state index is 0.0226. The molecule has 1 aliphatic heterocycles. The summed E-state index contributed by atoms with van der Waals surface area (Å²) < 4.78 is 63.4. The van der Waals surface area contributed by atoms with Crippen molar-refractivity contribution >= 4 is 33.2 Å². The molecule has 0 unspecified atom stereocenters. The number of ether oxygens (including phenoxy) is 1. The number of aromatic nitrogens is 2. The van der Waals surface area contributed by atoms with E-state index in [2.05, 4.69) is 10.00 Å². The molecule has 0 radical (unpaired) electrons. The molecule has 0 aliphatic carbocycles. The van der Waals surface area contributed by atoms with Crippen molar-refractivity contribution in [3.8, 4) is 0 Å². The molecule has 36 heavy (non-hydrogen) atoms. The molecule has 1 aliphatic rings. The van der Waals surface area contributed by atoms with E-state index in [9.17, 15) is 17.2 Å². The number of aryl methyl sites for hydroxylation is 2. The van der Waals surface area contributed by atoms with E-state index in [4.69, 9.17) is 27.9 Å². The van der Waals surface area contributed by atoms with Crippen LogP contribution in [0.15, 0.2) is 47.4 Å². The number of rotatable bonds is 8. The molecule has 1 aromatic heterocycles. The van der Waals surface area contributed by atoms with Crippen molar-refractivity contribution < 1.29 is 21.9 Å². The second-order valence-electron chi connectivity index (χ2n) is 8.59. The number of halogens is 4. The lowest BCUT2D eigenvalue weighted by Gasteiger charge is -2.35. The molecule has 0 N–H and O–H groups in total. The predicted octanol–water partition coefficient (Wildman–Crippen LogP) is 4.58. The van der Waals surface area contributed by atoms with Crippen LogP contribution in [0, 0.1) is 18.6 Å². The molecule has 194 valence electrons. The van der Waals surface area contributed by atoms with Crippen molar-refractivity contribution in [3.05, 3.63) is 81.1 Å². The molecule has 7 nitrogen and oxygen atoms in total. The second kappa shape index (κ2) is 11.1. The summed E-state index contributed by atoms with van der Waals surface area (Å²) in [5.41, 5.74) is 1.00. The highest BCUT2D eigenvalue weighted by Gasteiger charge is 2.34. The number of sulfonamides is 1. The molecule has 0 bridgehead atoms. The van der Waals surface area contributed by atoms with Crippen LogP contribution < -0.4 is 0 Å². The quantitative estimate of drug-likeness (QED) is 0.405. The Morgan fingerprint density at radius 2 is 1.64 bits per heavy atom. The molecule has 4 rings (SSSR count). The van der Waals surface area contributed by atoms with Crippen molar-refractivity contribution in [2.75, 3.05) is 32.7 Å². The summed E-state index contributed by atoms with van der Waals surface area (Å²) in [6.45, 7) is 3.15. The van der Waals surface area contributed by atoms with E-state index in [1.165, 1.54) is 27.2 Å². The van der Waals surface area contributed by atoms with Crippen LogP contribution in [0.5, 0.6) is 0 Å². The number of hydrogen-bond acceptors (Lipinski definition) is 5. The summed E-state index contributed by atoms with van der Waals surface area (Å²) in [7, 11) is -2.21. The fraction of sp³-hybridized carbons (Fsp3) is 0.375. The third-order valence-electron chi connectivity index (χ3n) is 6.19. The lowest BCUT2D eigenvalue weighted by Crippen LogP contribution is -2.49. The van der Waals surface area contributed by atoms with Gasteiger partial charge in [0.1, 0.15) is 21.7 Å². The van der Waals surface area contributed by atoms with Crippen molar-refractivity contribution in [1.82, 2.24) is 19.0 Å². The molecular formula is C24H26Cl2F2N4O3S. The van der Waals surface area contributed by atoms with E-state index < -0.39 is 27.8 Å². The van der Waals surface area contributed by atoms with Crippen molar-refractivity contribution in [2.45, 2.75) is 24.5 Å². The lowest BCUT2D eigenvalue weighted by atomic mass is 10.1. The van der Waals surface area contributed by atoms with Crippen LogP contribution in [0.4, 0.5) is 8.78 Å². The van der Waals surface area contributed by atoms with E-state index in [0.29, 0.717) is 30.4 Å². The Balaban J connectivity index is 1.46. The Labute approximate surface area is 219 Å². The maximum absolute atomic E-state index is 14.1. The van der Waals surface area contributed by atoms with Gasteiger partial charge in [0.15, 0.2) is 0 Å². The van der Waals surface area contributed by atoms with Gasteiger partial charge in [-0.3, -0.25) is 9.58 Å². The molecule has 2 heterocycles. The largest absolute Gasteiger partial charge is 0.367 e. The number of benzene rings is 2. The fourth-order valence-electron chi connectivity index (χ4n) is 4.21. The zero-order valence-corrected chi connectivity index (χ0v) is 22.1. The Kier molecular flexibility index (Phi) is 8.33. The predicted molar refractivity (Wildman–Crippen MR) is 133 cm³/mol. The van der Waals surface area contributed by atoms with Gasteiger partial charge in [-0.15, -0.1) is 0 Å². The minimum Gasteiger partial charge on any atom is -0.367 e. The molecule has 0 spiro atoms. The molecule has 3 aromatic rings. The van der Waals surface area contributed by atoms with E-state index in [1.54, 1.807) is 38.2 Å². The Bertz CT molecular complexity index is 1310. The molecule has 0 saturated carbocycles. The third-order valence-corrected chi connectivity index (χ3v) is 9.03. The molecule has 2 aromatic carbocycles. The summed E-state index contributed by atoms with van der Waals surface area (Å²) in [6.07, 6.45) is -0.514. The smallest absolute Gasteiger partial charge is 0.248 e. The topological polar surface area (TPSA) is 67.7 Å². The van der Waals surface area contributed by atoms with Gasteiger partial charge in [-0.25, -0.2) is 17.2 Å². The molecular weight excluding hydrogens is 533 g/mol. The van der Waals surface area contributed by atoms with Crippen LogP contribution >= 0.6 is 23.2 Å². The summed E-state index contributed by atoms with van der Waals surface area (Å²) in [6, 6.07) is 10.7. The summed E-state index contributed by atoms with van der Waals surface area (Å²) >= 11 is 12.2. The average Bonchev–Trinajstić information content (AvgIpc) is 3.10. The molecule has 12 heteroatoms. The summed E-state index contributed by atoms with van der Waals surface area (Å²) in [5.74, 6) is -1.35. The van der Waals surface area contributed by atoms with Gasteiger partial charge in [-0.2, -0.15) is 9.40 Å². The van der Waals surface area contributed by atoms with Gasteiger partial charge >= 0.3 is 0 Å². The van der Waals surface area contributed by atoms with Gasteiger partial charge in [-0.05, 0) is 36.8 Å². The van der Waals surface area contributed by atoms with Gasteiger partial charge in [0.05, 0.1) is 18.4 Å². The Morgan fingerprint density at radius 3 is 2.19 bits per heavy atom. The monoisotopic (exact) mass is 558 g/mol. The first-order chi connectivity index (χ1) is 17.1. The number of nitrogens with zero attached hydrogens (tertiary/aromatic N) is 4. The molecule has 1 fully saturated rings. The van der Waals surface area contributed by atoms with Crippen molar-refractivity contribution in [3.63, 3.8) is 0 Å². The van der Waals surface area contributed by atoms with Crippen LogP contribution in [0.1, 0.15) is 22.9 Å². The van der Waals surface area contributed by atoms with Gasteiger partial charge in [0.25, 0.3) is 0 Å². The second-order valence-corrected chi connectivity index (χ2v) is 11.3. The highest BCUT2D eigenvalue weighted by molar-refractivity contribution is 7.89. The first kappa shape index (κ1) is 27.0. The van der Waals surface area contributed by atoms with Crippen molar-refractivity contribution in [2.24, 2.45) is 7.05 Å². The average molecular weight is 559 g/mol. The lowest BCUT2D eigenvalue weighted by molar-refractivity contribution is 0.00547. The molecule has 1 atom stereocenters. The fourth-order valence-corrected chi connectivity index (χ4v) is 6.46. The standard InChI is InChI=1S/C24H26Cl2F2N4O3S/c1-16-23(24(26)30(2)29-16)36(33,34)32-12-10-31(11-13-32)14-22(17-6-8-18(25)9-7-17)35-15-19-20(27)4-3-5-21(19)28/h3-9,22H,10-15H2,1-2H3/t22-/m1/s1. The maximum Gasteiger partial charge on any atom is 0.248 e. The van der Waals surface area contributed by atoms with Crippen LogP contribution in [-0.4, -0.2) is 60.1 Å². The summed E-state index contributed by atoms with van der Waals surface area (Å²) in [5, 5.41) is 4.74. The number of piperazine rings is 1. The zero-order chi connectivity index (χ0) is 26.0. The Hall–Kier alpha value is -2.08. The van der Waals surface area contributed by atoms with Gasteiger partial charge in [0, 0.05) is 50.4 Å². The van der Waals surface area contributed by atoms with E-state index in [-0.39, 0.29) is 35.3 Å². The van der Waals surface area contributed by atoms with Gasteiger partial charge in [-0.1, -0.05) is 41.4 Å². The SMILES string of the molecule is Cc1nn(C)c(Cl)c1S(=O)(=O)N1CCN(C[C@@H](OCc2c(F)cccc2F)c2ccc(Cl)cc2)CC1. The highest BCUT2D eigenvalue weighted by Crippen LogP contribution is 2.29. The van der Waals surface area contributed by atoms with Crippen molar-refractivity contribution in [1.29, 1.82) is 0 Å². The third kappa shape index (κ3) is 5.74. The van der Waals surface area contributed by atoms with E-state index >= 15 is 0 Å². The normalized spacial score (nSPS) is 16.4. The van der Waals surface area contributed by atoms with E-state index in [0.717, 1.165) is 5.56 Å². The minimum atomic E-state index is -3.81. The van der Waals surface area contributed by atoms with Crippen LogP contribution in [0.25, 0.3) is 0 Å². The zero-order valence-electron chi connectivity index (χ0n) is 19.8. The van der Waals surface area contributed by atoms with Crippen LogP contribution in [0.2, 0.25) is 10.2 Å². The highest BCUT2D eigenvalue weighted by atomic mass is 35.5. The first-order valence-corrected chi connectivity index (χ1v) is 13.5. The molecule has 1 saturated heterocycles. The first-order valence-electron chi connectivity index (χ1n) is 11.3. The van der Waals surface area contributed by atoms with Gasteiger partial charge in [0.2, 0.25) is 10.0 Å². The van der Waals surface area contributed by atoms with Gasteiger partial charge < -0.3 is 4.74 Å². The Morgan fingerprint density at radius 1 is 1.03 bits per heavy atom. The van der Waals surface area contributed by atoms with Crippen LogP contribution in [-0.2, 0) is 28.4 Å². The maximum atomic E-state index is 14.1. The number of hydrogen-bond donors (Lipinski definition) is 0. The van der Waals surface area contributed by atoms with Crippen LogP contribution in [0.3, 0.4) is 0 Å². The molecule has 0 amide bonds. The van der Waals surface area contributed by atoms with E-state index in [1.807, 2.05) is 0 Å². The summed E-state index contributed by atoms with van der Waals surface area (Å²) in [4.78, 5) is 2.08.